The van der Waals surface area contributed by atoms with Gasteiger partial charge in [-0.15, -0.1) is 0 Å². The van der Waals surface area contributed by atoms with Gasteiger partial charge in [-0.1, -0.05) is 72.8 Å². The summed E-state index contributed by atoms with van der Waals surface area (Å²) in [7, 11) is 1.66. The standard InChI is InChI=1S/C24H25NO2/c1-27-22-14-12-19(13-15-22)16-17-25-24(26)18-23(20-8-4-2-5-9-20)21-10-6-3-7-11-21/h2-15,23H,16-18H2,1H3,(H,25,26). The first kappa shape index (κ1) is 18.7. The zero-order valence-electron chi connectivity index (χ0n) is 15.6. The van der Waals surface area contributed by atoms with Crippen LogP contribution in [0, 0.1) is 0 Å². The second-order valence-corrected chi connectivity index (χ2v) is 6.53. The van der Waals surface area contributed by atoms with Crippen molar-refractivity contribution in [3.8, 4) is 5.75 Å². The van der Waals surface area contributed by atoms with Crippen LogP contribution >= 0.6 is 0 Å². The SMILES string of the molecule is COc1ccc(CCNC(=O)CC(c2ccccc2)c2ccccc2)cc1. The Kier molecular flexibility index (Phi) is 6.64. The Balaban J connectivity index is 1.59. The summed E-state index contributed by atoms with van der Waals surface area (Å²) in [6.45, 7) is 0.626. The molecule has 0 unspecified atom stereocenters. The van der Waals surface area contributed by atoms with E-state index in [0.29, 0.717) is 13.0 Å². The van der Waals surface area contributed by atoms with E-state index in [0.717, 1.165) is 23.3 Å². The van der Waals surface area contributed by atoms with Gasteiger partial charge < -0.3 is 10.1 Å². The molecule has 3 rings (SSSR count). The fraction of sp³-hybridized carbons (Fsp3) is 0.208. The van der Waals surface area contributed by atoms with E-state index < -0.39 is 0 Å². The van der Waals surface area contributed by atoms with Crippen LogP contribution in [0.4, 0.5) is 0 Å². The summed E-state index contributed by atoms with van der Waals surface area (Å²) in [6, 6.07) is 28.4. The van der Waals surface area contributed by atoms with Gasteiger partial charge in [-0.2, -0.15) is 0 Å². The van der Waals surface area contributed by atoms with Crippen LogP contribution in [0.3, 0.4) is 0 Å². The number of hydrogen-bond donors (Lipinski definition) is 1. The summed E-state index contributed by atoms with van der Waals surface area (Å²) in [5, 5.41) is 3.06. The molecule has 0 heterocycles. The number of benzene rings is 3. The van der Waals surface area contributed by atoms with E-state index in [-0.39, 0.29) is 11.8 Å². The van der Waals surface area contributed by atoms with Crippen LogP contribution in [0.25, 0.3) is 0 Å². The van der Waals surface area contributed by atoms with Gasteiger partial charge in [0.25, 0.3) is 0 Å². The highest BCUT2D eigenvalue weighted by Gasteiger charge is 2.17. The first-order valence-corrected chi connectivity index (χ1v) is 9.26. The summed E-state index contributed by atoms with van der Waals surface area (Å²) in [4.78, 5) is 12.6. The molecule has 27 heavy (non-hydrogen) atoms. The summed E-state index contributed by atoms with van der Waals surface area (Å²) >= 11 is 0. The van der Waals surface area contributed by atoms with Crippen LogP contribution in [0.15, 0.2) is 84.9 Å². The van der Waals surface area contributed by atoms with Crippen molar-refractivity contribution in [2.24, 2.45) is 0 Å². The fourth-order valence-electron chi connectivity index (χ4n) is 3.19. The highest BCUT2D eigenvalue weighted by molar-refractivity contribution is 5.77. The van der Waals surface area contributed by atoms with Crippen molar-refractivity contribution in [3.63, 3.8) is 0 Å². The quantitative estimate of drug-likeness (QED) is 0.639. The molecule has 3 aromatic carbocycles. The largest absolute Gasteiger partial charge is 0.497 e. The van der Waals surface area contributed by atoms with E-state index >= 15 is 0 Å². The van der Waals surface area contributed by atoms with Crippen LogP contribution in [0.1, 0.15) is 29.0 Å². The smallest absolute Gasteiger partial charge is 0.220 e. The maximum absolute atomic E-state index is 12.6. The lowest BCUT2D eigenvalue weighted by Crippen LogP contribution is -2.27. The van der Waals surface area contributed by atoms with Crippen molar-refractivity contribution >= 4 is 5.91 Å². The number of methoxy groups -OCH3 is 1. The first-order valence-electron chi connectivity index (χ1n) is 9.26. The molecule has 0 aliphatic heterocycles. The zero-order chi connectivity index (χ0) is 18.9. The van der Waals surface area contributed by atoms with Gasteiger partial charge in [-0.25, -0.2) is 0 Å². The molecule has 0 saturated carbocycles. The molecule has 1 N–H and O–H groups in total. The van der Waals surface area contributed by atoms with Crippen molar-refractivity contribution in [2.45, 2.75) is 18.8 Å². The van der Waals surface area contributed by atoms with Gasteiger partial charge in [0.15, 0.2) is 0 Å². The lowest BCUT2D eigenvalue weighted by atomic mass is 9.88. The minimum Gasteiger partial charge on any atom is -0.497 e. The molecule has 3 nitrogen and oxygen atoms in total. The minimum atomic E-state index is 0.0633. The predicted octanol–water partition coefficient (Wildman–Crippen LogP) is 4.58. The van der Waals surface area contributed by atoms with Crippen LogP contribution in [0.5, 0.6) is 5.75 Å². The third-order valence-corrected chi connectivity index (χ3v) is 4.69. The molecule has 0 spiro atoms. The van der Waals surface area contributed by atoms with Crippen molar-refractivity contribution < 1.29 is 9.53 Å². The average Bonchev–Trinajstić information content (AvgIpc) is 2.74. The number of ether oxygens (including phenoxy) is 1. The summed E-state index contributed by atoms with van der Waals surface area (Å²) in [5.74, 6) is 0.978. The lowest BCUT2D eigenvalue weighted by Gasteiger charge is -2.18. The second-order valence-electron chi connectivity index (χ2n) is 6.53. The molecule has 3 heteroatoms. The van der Waals surface area contributed by atoms with Crippen molar-refractivity contribution in [1.29, 1.82) is 0 Å². The molecule has 0 fully saturated rings. The lowest BCUT2D eigenvalue weighted by molar-refractivity contribution is -0.121. The van der Waals surface area contributed by atoms with E-state index in [9.17, 15) is 4.79 Å². The maximum atomic E-state index is 12.6. The third-order valence-electron chi connectivity index (χ3n) is 4.69. The Bertz CT molecular complexity index is 790. The monoisotopic (exact) mass is 359 g/mol. The first-order chi connectivity index (χ1) is 13.3. The highest BCUT2D eigenvalue weighted by Crippen LogP contribution is 2.27. The molecule has 0 bridgehead atoms. The number of carbonyl (C=O) groups excluding carboxylic acids is 1. The molecule has 0 radical (unpaired) electrons. The molecule has 0 atom stereocenters. The molecule has 3 aromatic rings. The summed E-state index contributed by atoms with van der Waals surface area (Å²) in [6.07, 6.45) is 1.24. The highest BCUT2D eigenvalue weighted by atomic mass is 16.5. The number of rotatable bonds is 8. The van der Waals surface area contributed by atoms with Crippen LogP contribution in [-0.4, -0.2) is 19.6 Å². The normalized spacial score (nSPS) is 10.6. The average molecular weight is 359 g/mol. The van der Waals surface area contributed by atoms with Crippen molar-refractivity contribution in [3.05, 3.63) is 102 Å². The van der Waals surface area contributed by atoms with Gasteiger partial charge in [0.2, 0.25) is 5.91 Å². The molecular weight excluding hydrogens is 334 g/mol. The van der Waals surface area contributed by atoms with E-state index in [1.807, 2.05) is 60.7 Å². The van der Waals surface area contributed by atoms with E-state index in [1.54, 1.807) is 7.11 Å². The van der Waals surface area contributed by atoms with Crippen LogP contribution in [-0.2, 0) is 11.2 Å². The summed E-state index contributed by atoms with van der Waals surface area (Å²) < 4.78 is 5.17. The second kappa shape index (κ2) is 9.58. The summed E-state index contributed by atoms with van der Waals surface area (Å²) in [5.41, 5.74) is 3.50. The Hall–Kier alpha value is -3.07. The van der Waals surface area contributed by atoms with E-state index in [2.05, 4.69) is 29.6 Å². The van der Waals surface area contributed by atoms with Gasteiger partial charge in [0, 0.05) is 18.9 Å². The van der Waals surface area contributed by atoms with Gasteiger partial charge in [-0.3, -0.25) is 4.79 Å². The predicted molar refractivity (Wildman–Crippen MR) is 109 cm³/mol. The zero-order valence-corrected chi connectivity index (χ0v) is 15.6. The Labute approximate surface area is 161 Å². The maximum Gasteiger partial charge on any atom is 0.220 e. The Morgan fingerprint density at radius 2 is 1.41 bits per heavy atom. The van der Waals surface area contributed by atoms with Gasteiger partial charge >= 0.3 is 0 Å². The Morgan fingerprint density at radius 3 is 1.93 bits per heavy atom. The van der Waals surface area contributed by atoms with Crippen LogP contribution in [0.2, 0.25) is 0 Å². The molecule has 0 aliphatic rings. The fourth-order valence-corrected chi connectivity index (χ4v) is 3.19. The molecular formula is C24H25NO2. The number of hydrogen-bond acceptors (Lipinski definition) is 2. The topological polar surface area (TPSA) is 38.3 Å². The van der Waals surface area contributed by atoms with Crippen LogP contribution < -0.4 is 10.1 Å². The van der Waals surface area contributed by atoms with Crippen molar-refractivity contribution in [2.75, 3.05) is 13.7 Å². The number of nitrogens with one attached hydrogen (secondary N) is 1. The number of amides is 1. The molecule has 0 saturated heterocycles. The third kappa shape index (κ3) is 5.45. The number of carbonyl (C=O) groups is 1. The van der Waals surface area contributed by atoms with E-state index in [1.165, 1.54) is 5.56 Å². The molecule has 138 valence electrons. The molecule has 0 aromatic heterocycles. The Morgan fingerprint density at radius 1 is 0.852 bits per heavy atom. The van der Waals surface area contributed by atoms with Crippen molar-refractivity contribution in [1.82, 2.24) is 5.32 Å². The van der Waals surface area contributed by atoms with E-state index in [4.69, 9.17) is 4.74 Å². The molecule has 0 aliphatic carbocycles. The van der Waals surface area contributed by atoms with Gasteiger partial charge in [0.05, 0.1) is 7.11 Å². The van der Waals surface area contributed by atoms with Gasteiger partial charge in [0.1, 0.15) is 5.75 Å². The molecule has 1 amide bonds. The minimum absolute atomic E-state index is 0.0633. The van der Waals surface area contributed by atoms with Gasteiger partial charge in [-0.05, 0) is 35.2 Å².